The minimum Gasteiger partial charge on any atom is -0.354 e. The number of hydrogen-bond donors (Lipinski definition) is 2. The molecule has 0 bridgehead atoms. The fourth-order valence-corrected chi connectivity index (χ4v) is 2.15. The third-order valence-electron chi connectivity index (χ3n) is 3.07. The first-order chi connectivity index (χ1) is 8.50. The van der Waals surface area contributed by atoms with Crippen LogP contribution in [0, 0.1) is 0 Å². The van der Waals surface area contributed by atoms with Gasteiger partial charge in [0, 0.05) is 44.6 Å². The van der Waals surface area contributed by atoms with Gasteiger partial charge in [0.2, 0.25) is 11.8 Å². The van der Waals surface area contributed by atoms with Gasteiger partial charge in [0.05, 0.1) is 0 Å². The average molecular weight is 292 g/mol. The van der Waals surface area contributed by atoms with Crippen LogP contribution in [0.2, 0.25) is 0 Å². The standard InChI is InChI=1S/C13H25N3O2.ClH/c1-10(2)15-12(17)5-4-6-13(18)16-8-7-14-9-11(16)3;/h10-11,14H,4-9H2,1-3H3,(H,15,17);1H. The van der Waals surface area contributed by atoms with Crippen molar-refractivity contribution in [1.29, 1.82) is 0 Å². The van der Waals surface area contributed by atoms with E-state index in [2.05, 4.69) is 17.6 Å². The molecule has 0 aromatic heterocycles. The third-order valence-corrected chi connectivity index (χ3v) is 3.07. The Morgan fingerprint density at radius 3 is 2.63 bits per heavy atom. The Bertz CT molecular complexity index is 298. The molecule has 1 fully saturated rings. The van der Waals surface area contributed by atoms with E-state index in [4.69, 9.17) is 0 Å². The monoisotopic (exact) mass is 291 g/mol. The molecule has 2 N–H and O–H groups in total. The van der Waals surface area contributed by atoms with Gasteiger partial charge in [0.25, 0.3) is 0 Å². The first-order valence-corrected chi connectivity index (χ1v) is 6.80. The van der Waals surface area contributed by atoms with Crippen molar-refractivity contribution in [2.45, 2.75) is 52.1 Å². The van der Waals surface area contributed by atoms with Gasteiger partial charge < -0.3 is 15.5 Å². The lowest BCUT2D eigenvalue weighted by Crippen LogP contribution is -2.52. The SMILES string of the molecule is CC(C)NC(=O)CCCC(=O)N1CCNCC1C.Cl. The Morgan fingerprint density at radius 2 is 2.05 bits per heavy atom. The van der Waals surface area contributed by atoms with E-state index in [0.717, 1.165) is 19.6 Å². The quantitative estimate of drug-likeness (QED) is 0.792. The van der Waals surface area contributed by atoms with Crippen molar-refractivity contribution in [1.82, 2.24) is 15.5 Å². The highest BCUT2D eigenvalue weighted by Gasteiger charge is 2.22. The van der Waals surface area contributed by atoms with E-state index in [0.29, 0.717) is 19.3 Å². The summed E-state index contributed by atoms with van der Waals surface area (Å²) in [6.07, 6.45) is 1.54. The Morgan fingerprint density at radius 1 is 1.37 bits per heavy atom. The summed E-state index contributed by atoms with van der Waals surface area (Å²) in [5, 5.41) is 6.09. The van der Waals surface area contributed by atoms with Crippen LogP contribution in [0.25, 0.3) is 0 Å². The van der Waals surface area contributed by atoms with E-state index >= 15 is 0 Å². The van der Waals surface area contributed by atoms with Crippen molar-refractivity contribution >= 4 is 24.2 Å². The second-order valence-electron chi connectivity index (χ2n) is 5.22. The van der Waals surface area contributed by atoms with Crippen molar-refractivity contribution in [3.05, 3.63) is 0 Å². The predicted octanol–water partition coefficient (Wildman–Crippen LogP) is 0.923. The normalized spacial score (nSPS) is 18.9. The smallest absolute Gasteiger partial charge is 0.222 e. The molecule has 0 spiro atoms. The fourth-order valence-electron chi connectivity index (χ4n) is 2.15. The molecule has 1 atom stereocenters. The number of nitrogens with one attached hydrogen (secondary N) is 2. The summed E-state index contributed by atoms with van der Waals surface area (Å²) in [6, 6.07) is 0.428. The van der Waals surface area contributed by atoms with Crippen LogP contribution in [-0.4, -0.2) is 48.4 Å². The van der Waals surface area contributed by atoms with Crippen molar-refractivity contribution in [2.75, 3.05) is 19.6 Å². The number of piperazine rings is 1. The van der Waals surface area contributed by atoms with E-state index < -0.39 is 0 Å². The zero-order chi connectivity index (χ0) is 13.5. The molecule has 1 rings (SSSR count). The van der Waals surface area contributed by atoms with Crippen LogP contribution < -0.4 is 10.6 Å². The minimum atomic E-state index is 0. The van der Waals surface area contributed by atoms with Crippen LogP contribution in [0.3, 0.4) is 0 Å². The Balaban J connectivity index is 0.00000324. The molecule has 1 aliphatic rings. The number of halogens is 1. The van der Waals surface area contributed by atoms with E-state index in [-0.39, 0.29) is 36.3 Å². The van der Waals surface area contributed by atoms with Gasteiger partial charge in [-0.3, -0.25) is 9.59 Å². The van der Waals surface area contributed by atoms with Gasteiger partial charge in [-0.15, -0.1) is 12.4 Å². The first-order valence-electron chi connectivity index (χ1n) is 6.80. The number of hydrogen-bond acceptors (Lipinski definition) is 3. The molecule has 0 aromatic carbocycles. The molecular formula is C13H26ClN3O2. The number of amides is 2. The summed E-state index contributed by atoms with van der Waals surface area (Å²) in [4.78, 5) is 25.3. The van der Waals surface area contributed by atoms with Crippen LogP contribution >= 0.6 is 12.4 Å². The number of carbonyl (C=O) groups is 2. The van der Waals surface area contributed by atoms with Crippen molar-refractivity contribution in [2.24, 2.45) is 0 Å². The average Bonchev–Trinajstić information content (AvgIpc) is 2.28. The Hall–Kier alpha value is -0.810. The zero-order valence-electron chi connectivity index (χ0n) is 12.1. The molecule has 1 unspecified atom stereocenters. The first kappa shape index (κ1) is 18.2. The lowest BCUT2D eigenvalue weighted by atomic mass is 10.1. The minimum absolute atomic E-state index is 0. The fraction of sp³-hybridized carbons (Fsp3) is 0.846. The van der Waals surface area contributed by atoms with Gasteiger partial charge >= 0.3 is 0 Å². The third kappa shape index (κ3) is 6.78. The highest BCUT2D eigenvalue weighted by molar-refractivity contribution is 5.85. The molecule has 0 aliphatic carbocycles. The predicted molar refractivity (Wildman–Crippen MR) is 78.4 cm³/mol. The van der Waals surface area contributed by atoms with Gasteiger partial charge in [-0.25, -0.2) is 0 Å². The highest BCUT2D eigenvalue weighted by Crippen LogP contribution is 2.07. The van der Waals surface area contributed by atoms with Gasteiger partial charge in [-0.2, -0.15) is 0 Å². The summed E-state index contributed by atoms with van der Waals surface area (Å²) >= 11 is 0. The Kier molecular flexibility index (Phi) is 8.76. The van der Waals surface area contributed by atoms with Gasteiger partial charge in [-0.1, -0.05) is 0 Å². The molecule has 6 heteroatoms. The lowest BCUT2D eigenvalue weighted by molar-refractivity contribution is -0.134. The number of rotatable bonds is 5. The number of nitrogens with zero attached hydrogens (tertiary/aromatic N) is 1. The van der Waals surface area contributed by atoms with E-state index in [9.17, 15) is 9.59 Å². The molecule has 1 aliphatic heterocycles. The maximum atomic E-state index is 12.0. The van der Waals surface area contributed by atoms with Crippen molar-refractivity contribution in [3.8, 4) is 0 Å². The molecule has 5 nitrogen and oxygen atoms in total. The van der Waals surface area contributed by atoms with E-state index in [1.54, 1.807) is 0 Å². The summed E-state index contributed by atoms with van der Waals surface area (Å²) in [5.74, 6) is 0.201. The van der Waals surface area contributed by atoms with Crippen molar-refractivity contribution < 1.29 is 9.59 Å². The van der Waals surface area contributed by atoms with Gasteiger partial charge in [0.15, 0.2) is 0 Å². The van der Waals surface area contributed by atoms with Crippen LogP contribution in [-0.2, 0) is 9.59 Å². The molecule has 19 heavy (non-hydrogen) atoms. The molecule has 0 saturated carbocycles. The van der Waals surface area contributed by atoms with Crippen LogP contribution in [0.5, 0.6) is 0 Å². The molecule has 1 saturated heterocycles. The van der Waals surface area contributed by atoms with Crippen LogP contribution in [0.1, 0.15) is 40.0 Å². The second-order valence-corrected chi connectivity index (χ2v) is 5.22. The second kappa shape index (κ2) is 9.15. The molecule has 1 heterocycles. The topological polar surface area (TPSA) is 61.4 Å². The van der Waals surface area contributed by atoms with E-state index in [1.165, 1.54) is 0 Å². The maximum Gasteiger partial charge on any atom is 0.222 e. The Labute approximate surface area is 121 Å². The van der Waals surface area contributed by atoms with E-state index in [1.807, 2.05) is 18.7 Å². The van der Waals surface area contributed by atoms with Gasteiger partial charge in [0.1, 0.15) is 0 Å². The molecule has 0 aromatic rings. The largest absolute Gasteiger partial charge is 0.354 e. The molecule has 0 radical (unpaired) electrons. The van der Waals surface area contributed by atoms with Crippen LogP contribution in [0.15, 0.2) is 0 Å². The molecule has 112 valence electrons. The molecule has 2 amide bonds. The maximum absolute atomic E-state index is 12.0. The molecular weight excluding hydrogens is 266 g/mol. The van der Waals surface area contributed by atoms with Crippen molar-refractivity contribution in [3.63, 3.8) is 0 Å². The summed E-state index contributed by atoms with van der Waals surface area (Å²) in [6.45, 7) is 8.42. The summed E-state index contributed by atoms with van der Waals surface area (Å²) < 4.78 is 0. The number of carbonyl (C=O) groups excluding carboxylic acids is 2. The van der Waals surface area contributed by atoms with Crippen LogP contribution in [0.4, 0.5) is 0 Å². The highest BCUT2D eigenvalue weighted by atomic mass is 35.5. The zero-order valence-corrected chi connectivity index (χ0v) is 12.9. The summed E-state index contributed by atoms with van der Waals surface area (Å²) in [5.41, 5.74) is 0. The lowest BCUT2D eigenvalue weighted by Gasteiger charge is -2.34. The van der Waals surface area contributed by atoms with Gasteiger partial charge in [-0.05, 0) is 27.2 Å². The summed E-state index contributed by atoms with van der Waals surface area (Å²) in [7, 11) is 0.